The summed E-state index contributed by atoms with van der Waals surface area (Å²) in [5, 5.41) is 2.39. The molecule has 0 spiro atoms. The van der Waals surface area contributed by atoms with Gasteiger partial charge in [-0.25, -0.2) is 8.78 Å². The lowest BCUT2D eigenvalue weighted by atomic mass is 10.0. The number of rotatable bonds is 7. The van der Waals surface area contributed by atoms with E-state index in [-0.39, 0.29) is 23.4 Å². The summed E-state index contributed by atoms with van der Waals surface area (Å²) in [4.78, 5) is 36.2. The number of nitrogens with one attached hydrogen (secondary N) is 1. The predicted molar refractivity (Wildman–Crippen MR) is 101 cm³/mol. The zero-order valence-electron chi connectivity index (χ0n) is 14.8. The van der Waals surface area contributed by atoms with Crippen molar-refractivity contribution < 1.29 is 23.2 Å². The summed E-state index contributed by atoms with van der Waals surface area (Å²) in [6.07, 6.45) is 0.00950. The minimum atomic E-state index is -1.26. The maximum absolute atomic E-state index is 14.1. The summed E-state index contributed by atoms with van der Waals surface area (Å²) in [6, 6.07) is 10.9. The van der Waals surface area contributed by atoms with Crippen molar-refractivity contribution in [2.75, 3.05) is 0 Å². The Balaban J connectivity index is 1.89. The van der Waals surface area contributed by atoms with Crippen LogP contribution >= 0.6 is 11.7 Å². The molecule has 0 saturated carbocycles. The molecule has 0 radical (unpaired) electrons. The highest BCUT2D eigenvalue weighted by Gasteiger charge is 2.29. The van der Waals surface area contributed by atoms with Gasteiger partial charge in [0.2, 0.25) is 5.78 Å². The van der Waals surface area contributed by atoms with Crippen LogP contribution in [0.15, 0.2) is 48.5 Å². The molecule has 3 aromatic rings. The van der Waals surface area contributed by atoms with E-state index in [1.807, 2.05) is 0 Å². The Morgan fingerprint density at radius 3 is 2.45 bits per heavy atom. The Morgan fingerprint density at radius 2 is 1.76 bits per heavy atom. The summed E-state index contributed by atoms with van der Waals surface area (Å²) < 4.78 is 35.3. The Labute approximate surface area is 167 Å². The first kappa shape index (κ1) is 20.2. The third kappa shape index (κ3) is 4.49. The lowest BCUT2D eigenvalue weighted by Gasteiger charge is -2.16. The van der Waals surface area contributed by atoms with Gasteiger partial charge in [0.15, 0.2) is 17.3 Å². The van der Waals surface area contributed by atoms with E-state index < -0.39 is 35.3 Å². The highest BCUT2D eigenvalue weighted by Crippen LogP contribution is 2.26. The second-order valence-corrected chi connectivity index (χ2v) is 6.54. The number of ketones is 1. The van der Waals surface area contributed by atoms with Crippen molar-refractivity contribution in [3.05, 3.63) is 71.4 Å². The van der Waals surface area contributed by atoms with Crippen LogP contribution in [0.25, 0.3) is 11.3 Å². The molecule has 0 saturated heterocycles. The number of nitrogens with two attached hydrogens (primary N) is 1. The van der Waals surface area contributed by atoms with Crippen molar-refractivity contribution >= 4 is 29.3 Å². The highest BCUT2D eigenvalue weighted by atomic mass is 32.1. The predicted octanol–water partition coefficient (Wildman–Crippen LogP) is 1.88. The van der Waals surface area contributed by atoms with Crippen LogP contribution in [-0.4, -0.2) is 32.4 Å². The number of primary amides is 1. The van der Waals surface area contributed by atoms with E-state index in [4.69, 9.17) is 5.73 Å². The van der Waals surface area contributed by atoms with Crippen molar-refractivity contribution in [3.63, 3.8) is 0 Å². The van der Waals surface area contributed by atoms with Gasteiger partial charge in [0, 0.05) is 12.0 Å². The van der Waals surface area contributed by atoms with Gasteiger partial charge < -0.3 is 11.1 Å². The summed E-state index contributed by atoms with van der Waals surface area (Å²) in [5.74, 6) is -5.35. The number of hydrogen-bond acceptors (Lipinski definition) is 6. The van der Waals surface area contributed by atoms with Crippen molar-refractivity contribution in [1.29, 1.82) is 0 Å². The summed E-state index contributed by atoms with van der Waals surface area (Å²) >= 11 is 0.623. The molecule has 2 amide bonds. The number of carbonyl (C=O) groups excluding carboxylic acids is 3. The number of amides is 2. The molecule has 10 heteroatoms. The lowest BCUT2D eigenvalue weighted by Crippen LogP contribution is -2.47. The van der Waals surface area contributed by atoms with Gasteiger partial charge in [-0.05, 0) is 17.7 Å². The molecule has 7 nitrogen and oxygen atoms in total. The van der Waals surface area contributed by atoms with E-state index in [0.29, 0.717) is 17.3 Å². The van der Waals surface area contributed by atoms with Crippen LogP contribution < -0.4 is 11.1 Å². The molecule has 1 aromatic heterocycles. The van der Waals surface area contributed by atoms with Gasteiger partial charge in [-0.1, -0.05) is 36.4 Å². The Kier molecular flexibility index (Phi) is 6.03. The maximum atomic E-state index is 14.1. The molecule has 148 valence electrons. The summed E-state index contributed by atoms with van der Waals surface area (Å²) in [6.45, 7) is 0. The molecule has 29 heavy (non-hydrogen) atoms. The van der Waals surface area contributed by atoms with Gasteiger partial charge in [0.1, 0.15) is 11.7 Å². The van der Waals surface area contributed by atoms with Crippen LogP contribution in [0.3, 0.4) is 0 Å². The average Bonchev–Trinajstić information content (AvgIpc) is 3.19. The molecular formula is C19H14F2N4O3S. The van der Waals surface area contributed by atoms with E-state index in [1.54, 1.807) is 30.3 Å². The number of aromatic nitrogens is 2. The molecule has 1 unspecified atom stereocenters. The first-order chi connectivity index (χ1) is 13.9. The topological polar surface area (TPSA) is 115 Å². The van der Waals surface area contributed by atoms with E-state index >= 15 is 0 Å². The minimum absolute atomic E-state index is 0.00950. The minimum Gasteiger partial charge on any atom is -0.363 e. The molecular weight excluding hydrogens is 402 g/mol. The smallest absolute Gasteiger partial charge is 0.287 e. The molecule has 0 bridgehead atoms. The highest BCUT2D eigenvalue weighted by molar-refractivity contribution is 6.99. The lowest BCUT2D eigenvalue weighted by molar-refractivity contribution is -0.137. The molecule has 3 rings (SSSR count). The van der Waals surface area contributed by atoms with E-state index in [0.717, 1.165) is 6.07 Å². The second-order valence-electron chi connectivity index (χ2n) is 6.01. The summed E-state index contributed by atoms with van der Waals surface area (Å²) in [7, 11) is 0. The zero-order chi connectivity index (χ0) is 21.0. The van der Waals surface area contributed by atoms with Crippen molar-refractivity contribution in [1.82, 2.24) is 14.1 Å². The number of halogens is 2. The fourth-order valence-electron chi connectivity index (χ4n) is 2.66. The maximum Gasteiger partial charge on any atom is 0.287 e. The van der Waals surface area contributed by atoms with Crippen LogP contribution in [0.5, 0.6) is 0 Å². The Morgan fingerprint density at radius 1 is 1.03 bits per heavy atom. The average molecular weight is 416 g/mol. The standard InChI is InChI=1S/C19H14F2N4O3S/c20-12-8-4-7-11(14(12)21)15-16(25-29-24-15)19(28)23-13(17(26)18(22)27)9-10-5-2-1-3-6-10/h1-8,13H,9H2,(H2,22,27)(H,23,28). The van der Waals surface area contributed by atoms with E-state index in [9.17, 15) is 23.2 Å². The zero-order valence-corrected chi connectivity index (χ0v) is 15.6. The molecule has 2 aromatic carbocycles. The number of carbonyl (C=O) groups is 3. The fraction of sp³-hybridized carbons (Fsp3) is 0.105. The molecule has 0 aliphatic rings. The number of nitrogens with zero attached hydrogens (tertiary/aromatic N) is 2. The molecule has 3 N–H and O–H groups in total. The van der Waals surface area contributed by atoms with Crippen LogP contribution in [0.4, 0.5) is 8.78 Å². The normalized spacial score (nSPS) is 11.7. The van der Waals surface area contributed by atoms with Crippen LogP contribution in [0.1, 0.15) is 16.1 Å². The fourth-order valence-corrected chi connectivity index (χ4v) is 3.22. The first-order valence-corrected chi connectivity index (χ1v) is 9.07. The Hall–Kier alpha value is -3.53. The van der Waals surface area contributed by atoms with Gasteiger partial charge in [-0.15, -0.1) is 0 Å². The van der Waals surface area contributed by atoms with Crippen molar-refractivity contribution in [3.8, 4) is 11.3 Å². The van der Waals surface area contributed by atoms with Gasteiger partial charge in [-0.2, -0.15) is 8.75 Å². The van der Waals surface area contributed by atoms with Gasteiger partial charge in [0.05, 0.1) is 11.7 Å². The van der Waals surface area contributed by atoms with Gasteiger partial charge in [-0.3, -0.25) is 14.4 Å². The number of hydrogen-bond donors (Lipinski definition) is 2. The van der Waals surface area contributed by atoms with E-state index in [2.05, 4.69) is 14.1 Å². The van der Waals surface area contributed by atoms with Crippen LogP contribution in [0.2, 0.25) is 0 Å². The molecule has 1 atom stereocenters. The van der Waals surface area contributed by atoms with Gasteiger partial charge >= 0.3 is 0 Å². The van der Waals surface area contributed by atoms with Crippen molar-refractivity contribution in [2.45, 2.75) is 12.5 Å². The molecule has 0 aliphatic carbocycles. The monoisotopic (exact) mass is 416 g/mol. The van der Waals surface area contributed by atoms with Crippen molar-refractivity contribution in [2.24, 2.45) is 5.73 Å². The van der Waals surface area contributed by atoms with Crippen LogP contribution in [-0.2, 0) is 16.0 Å². The third-order valence-electron chi connectivity index (χ3n) is 4.06. The quantitative estimate of drug-likeness (QED) is 0.571. The number of benzene rings is 2. The second kappa shape index (κ2) is 8.65. The third-order valence-corrected chi connectivity index (χ3v) is 4.59. The summed E-state index contributed by atoms with van der Waals surface area (Å²) in [5.41, 5.74) is 5.05. The SMILES string of the molecule is NC(=O)C(=O)C(Cc1ccccc1)NC(=O)c1nsnc1-c1cccc(F)c1F. The van der Waals surface area contributed by atoms with Gasteiger partial charge in [0.25, 0.3) is 11.8 Å². The largest absolute Gasteiger partial charge is 0.363 e. The molecule has 1 heterocycles. The molecule has 0 fully saturated rings. The first-order valence-electron chi connectivity index (χ1n) is 8.34. The number of Topliss-reactive ketones (excluding diaryl/α,β-unsaturated/α-hetero) is 1. The van der Waals surface area contributed by atoms with E-state index in [1.165, 1.54) is 12.1 Å². The van der Waals surface area contributed by atoms with Crippen LogP contribution in [0, 0.1) is 11.6 Å². The molecule has 0 aliphatic heterocycles. The Bertz CT molecular complexity index is 1070.